The molecule has 1 aromatic carbocycles. The lowest BCUT2D eigenvalue weighted by atomic mass is 10.0. The van der Waals surface area contributed by atoms with Gasteiger partial charge in [-0.1, -0.05) is 34.4 Å². The van der Waals surface area contributed by atoms with Crippen LogP contribution in [0.1, 0.15) is 71.4 Å². The fraction of sp³-hybridized carbons (Fsp3) is 0.407. The van der Waals surface area contributed by atoms with Gasteiger partial charge in [0.2, 0.25) is 0 Å². The predicted octanol–water partition coefficient (Wildman–Crippen LogP) is 6.45. The number of aryl methyl sites for hydroxylation is 1. The molecule has 0 saturated heterocycles. The lowest BCUT2D eigenvalue weighted by Crippen LogP contribution is -1.97. The number of rotatable bonds is 11. The minimum Gasteiger partial charge on any atom is -0.508 e. The Morgan fingerprint density at radius 2 is 1.42 bits per heavy atom. The van der Waals surface area contributed by atoms with Gasteiger partial charge >= 0.3 is 0 Å². The third-order valence-electron chi connectivity index (χ3n) is 4.83. The molecule has 2 N–H and O–H groups in total. The number of hydrogen-bond acceptors (Lipinski definition) is 4. The normalized spacial score (nSPS) is 12.6. The molecule has 0 atom stereocenters. The van der Waals surface area contributed by atoms with E-state index in [9.17, 15) is 19.8 Å². The van der Waals surface area contributed by atoms with E-state index in [0.717, 1.165) is 35.1 Å². The van der Waals surface area contributed by atoms with Crippen LogP contribution in [0.3, 0.4) is 0 Å². The Hall–Kier alpha value is -2.88. The van der Waals surface area contributed by atoms with Crippen molar-refractivity contribution in [2.45, 2.75) is 73.6 Å². The van der Waals surface area contributed by atoms with Gasteiger partial charge in [-0.25, -0.2) is 0 Å². The zero-order valence-corrected chi connectivity index (χ0v) is 19.7. The van der Waals surface area contributed by atoms with Crippen LogP contribution < -0.4 is 0 Å². The second-order valence-corrected chi connectivity index (χ2v) is 8.61. The first-order chi connectivity index (χ1) is 14.5. The first-order valence-electron chi connectivity index (χ1n) is 10.7. The maximum absolute atomic E-state index is 12.3. The minimum absolute atomic E-state index is 0.0435. The largest absolute Gasteiger partial charge is 0.508 e. The fourth-order valence-corrected chi connectivity index (χ4v) is 3.28. The van der Waals surface area contributed by atoms with Crippen molar-refractivity contribution in [3.05, 3.63) is 69.9 Å². The van der Waals surface area contributed by atoms with E-state index in [4.69, 9.17) is 0 Å². The molecule has 1 aromatic rings. The van der Waals surface area contributed by atoms with E-state index in [2.05, 4.69) is 6.08 Å². The van der Waals surface area contributed by atoms with Crippen LogP contribution in [0.4, 0.5) is 0 Å². The molecule has 4 nitrogen and oxygen atoms in total. The van der Waals surface area contributed by atoms with E-state index in [0.29, 0.717) is 30.4 Å². The first-order valence-corrected chi connectivity index (χ1v) is 10.7. The van der Waals surface area contributed by atoms with Gasteiger partial charge in [0.15, 0.2) is 11.6 Å². The molecule has 0 saturated carbocycles. The summed E-state index contributed by atoms with van der Waals surface area (Å²) in [7, 11) is 0. The summed E-state index contributed by atoms with van der Waals surface area (Å²) >= 11 is 0. The van der Waals surface area contributed by atoms with Crippen LogP contribution in [0.25, 0.3) is 0 Å². The number of carbonyl (C=O) groups is 2. The minimum atomic E-state index is 0.0435. The van der Waals surface area contributed by atoms with Crippen LogP contribution in [0.15, 0.2) is 58.7 Å². The van der Waals surface area contributed by atoms with E-state index >= 15 is 0 Å². The molecule has 4 heteroatoms. The van der Waals surface area contributed by atoms with Crippen LogP contribution >= 0.6 is 0 Å². The highest BCUT2D eigenvalue weighted by atomic mass is 16.3. The molecule has 31 heavy (non-hydrogen) atoms. The van der Waals surface area contributed by atoms with Crippen LogP contribution in [-0.2, 0) is 16.0 Å². The average Bonchev–Trinajstić information content (AvgIpc) is 2.62. The molecule has 0 aromatic heterocycles. The van der Waals surface area contributed by atoms with Gasteiger partial charge in [-0.3, -0.25) is 9.59 Å². The third-order valence-corrected chi connectivity index (χ3v) is 4.83. The number of aromatic hydroxyl groups is 2. The van der Waals surface area contributed by atoms with Crippen LogP contribution in [-0.4, -0.2) is 21.8 Å². The van der Waals surface area contributed by atoms with Gasteiger partial charge in [0.25, 0.3) is 0 Å². The maximum atomic E-state index is 12.3. The van der Waals surface area contributed by atoms with Crippen LogP contribution in [0, 0.1) is 6.92 Å². The summed E-state index contributed by atoms with van der Waals surface area (Å²) in [6, 6.07) is 3.06. The van der Waals surface area contributed by atoms with Gasteiger partial charge in [0, 0.05) is 18.4 Å². The van der Waals surface area contributed by atoms with Crippen molar-refractivity contribution in [2.75, 3.05) is 0 Å². The third kappa shape index (κ3) is 10.6. The number of phenolic OH excluding ortho intramolecular Hbond substituents is 2. The molecule has 0 fully saturated rings. The highest BCUT2D eigenvalue weighted by Gasteiger charge is 2.07. The second kappa shape index (κ2) is 12.7. The molecule has 0 heterocycles. The summed E-state index contributed by atoms with van der Waals surface area (Å²) in [5.41, 5.74) is 5.25. The van der Waals surface area contributed by atoms with Crippen molar-refractivity contribution in [1.29, 1.82) is 0 Å². The Kier molecular flexibility index (Phi) is 10.7. The van der Waals surface area contributed by atoms with Crippen molar-refractivity contribution in [1.82, 2.24) is 0 Å². The second-order valence-electron chi connectivity index (χ2n) is 8.61. The molecule has 0 bridgehead atoms. The van der Waals surface area contributed by atoms with Crippen molar-refractivity contribution in [2.24, 2.45) is 0 Å². The molecule has 0 aliphatic rings. The zero-order valence-electron chi connectivity index (χ0n) is 19.7. The van der Waals surface area contributed by atoms with Crippen LogP contribution in [0.5, 0.6) is 11.5 Å². The summed E-state index contributed by atoms with van der Waals surface area (Å²) in [5, 5.41) is 19.8. The van der Waals surface area contributed by atoms with Gasteiger partial charge in [-0.2, -0.15) is 0 Å². The summed E-state index contributed by atoms with van der Waals surface area (Å²) < 4.78 is 0. The lowest BCUT2D eigenvalue weighted by Gasteiger charge is -2.07. The number of ketones is 2. The number of carbonyl (C=O) groups excluding carboxylic acids is 2. The standard InChI is InChI=1S/C27H36O4/c1-18(2)12-24(28)13-19(3)8-7-9-20(4)14-25(29)15-21(5)10-11-23-17-26(30)16-22(6)27(23)31/h8,10,12,14,16-17,30-31H,7,9,11,13,15H2,1-6H3/b19-8+,20-14+,21-10+. The van der Waals surface area contributed by atoms with Crippen molar-refractivity contribution in [3.8, 4) is 11.5 Å². The predicted molar refractivity (Wildman–Crippen MR) is 127 cm³/mol. The Morgan fingerprint density at radius 3 is 2.03 bits per heavy atom. The van der Waals surface area contributed by atoms with Crippen molar-refractivity contribution in [3.63, 3.8) is 0 Å². The molecule has 1 rings (SSSR count). The summed E-state index contributed by atoms with van der Waals surface area (Å²) in [4.78, 5) is 24.1. The first kappa shape index (κ1) is 26.2. The number of hydrogen-bond donors (Lipinski definition) is 2. The molecular weight excluding hydrogens is 388 g/mol. The smallest absolute Gasteiger partial charge is 0.159 e. The Morgan fingerprint density at radius 1 is 0.839 bits per heavy atom. The van der Waals surface area contributed by atoms with E-state index in [1.54, 1.807) is 25.1 Å². The number of benzene rings is 1. The van der Waals surface area contributed by atoms with Gasteiger partial charge in [-0.15, -0.1) is 0 Å². The average molecular weight is 425 g/mol. The summed E-state index contributed by atoms with van der Waals surface area (Å²) in [6.45, 7) is 11.4. The quantitative estimate of drug-likeness (QED) is 0.243. The Bertz CT molecular complexity index is 923. The topological polar surface area (TPSA) is 74.6 Å². The van der Waals surface area contributed by atoms with Gasteiger partial charge in [0.1, 0.15) is 11.5 Å². The molecule has 0 unspecified atom stereocenters. The fourth-order valence-electron chi connectivity index (χ4n) is 3.28. The highest BCUT2D eigenvalue weighted by molar-refractivity contribution is 5.92. The zero-order chi connectivity index (χ0) is 23.6. The molecule has 0 radical (unpaired) electrons. The monoisotopic (exact) mass is 424 g/mol. The summed E-state index contributed by atoms with van der Waals surface area (Å²) in [5.74, 6) is 0.459. The van der Waals surface area contributed by atoms with E-state index < -0.39 is 0 Å². The maximum Gasteiger partial charge on any atom is 0.159 e. The Labute approximate surface area is 186 Å². The van der Waals surface area contributed by atoms with Crippen molar-refractivity contribution >= 4 is 11.6 Å². The van der Waals surface area contributed by atoms with Crippen molar-refractivity contribution < 1.29 is 19.8 Å². The highest BCUT2D eigenvalue weighted by Crippen LogP contribution is 2.28. The molecular formula is C27H36O4. The molecule has 0 aliphatic carbocycles. The molecule has 0 aliphatic heterocycles. The van der Waals surface area contributed by atoms with E-state index in [1.807, 2.05) is 40.7 Å². The molecule has 0 spiro atoms. The van der Waals surface area contributed by atoms with Gasteiger partial charge in [0.05, 0.1) is 0 Å². The number of phenols is 2. The van der Waals surface area contributed by atoms with Gasteiger partial charge in [-0.05, 0) is 90.7 Å². The van der Waals surface area contributed by atoms with E-state index in [-0.39, 0.29) is 23.1 Å². The SMILES string of the molecule is CC(C)=CC(=O)C/C(C)=C/CC/C(C)=C/C(=O)C/C(C)=C/Cc1cc(O)cc(C)c1O. The number of allylic oxidation sites excluding steroid dienone is 8. The Balaban J connectivity index is 2.56. The van der Waals surface area contributed by atoms with Crippen LogP contribution in [0.2, 0.25) is 0 Å². The lowest BCUT2D eigenvalue weighted by molar-refractivity contribution is -0.114. The van der Waals surface area contributed by atoms with Gasteiger partial charge < -0.3 is 10.2 Å². The van der Waals surface area contributed by atoms with E-state index in [1.165, 1.54) is 6.07 Å². The molecule has 168 valence electrons. The molecule has 0 amide bonds. The summed E-state index contributed by atoms with van der Waals surface area (Å²) in [6.07, 6.45) is 10.1.